The summed E-state index contributed by atoms with van der Waals surface area (Å²) in [7, 11) is 0. The first-order chi connectivity index (χ1) is 10.9. The van der Waals surface area contributed by atoms with E-state index in [0.717, 1.165) is 0 Å². The molecule has 23 heavy (non-hydrogen) atoms. The van der Waals surface area contributed by atoms with Gasteiger partial charge in [-0.25, -0.2) is 4.79 Å². The number of rotatable bonds is 3. The Hall–Kier alpha value is -2.16. The normalized spacial score (nSPS) is 25.0. The summed E-state index contributed by atoms with van der Waals surface area (Å²) in [5.74, 6) is -0.805. The minimum absolute atomic E-state index is 0.211. The second kappa shape index (κ2) is 5.80. The van der Waals surface area contributed by atoms with E-state index in [1.165, 1.54) is 4.90 Å². The van der Waals surface area contributed by atoms with Gasteiger partial charge in [-0.2, -0.15) is 13.2 Å². The van der Waals surface area contributed by atoms with Crippen LogP contribution in [-0.2, 0) is 11.2 Å². The van der Waals surface area contributed by atoms with Gasteiger partial charge in [0.2, 0.25) is 0 Å². The third kappa shape index (κ3) is 3.14. The number of nitrogens with zero attached hydrogens (tertiary/aromatic N) is 3. The van der Waals surface area contributed by atoms with Gasteiger partial charge < -0.3 is 10.2 Å². The second-order valence-electron chi connectivity index (χ2n) is 5.55. The van der Waals surface area contributed by atoms with Crippen LogP contribution in [0.2, 0.25) is 0 Å². The van der Waals surface area contributed by atoms with Gasteiger partial charge in [0.15, 0.2) is 0 Å². The summed E-state index contributed by atoms with van der Waals surface area (Å²) in [5, 5.41) is 3.11. The molecule has 9 heteroatoms. The van der Waals surface area contributed by atoms with Crippen molar-refractivity contribution in [3.63, 3.8) is 0 Å². The Morgan fingerprint density at radius 3 is 2.74 bits per heavy atom. The van der Waals surface area contributed by atoms with Crippen LogP contribution in [-0.4, -0.2) is 64.6 Å². The molecular formula is C14H15F3N4O2. The summed E-state index contributed by atoms with van der Waals surface area (Å²) in [6.07, 6.45) is -2.64. The Labute approximate surface area is 130 Å². The highest BCUT2D eigenvalue weighted by atomic mass is 19.4. The lowest BCUT2D eigenvalue weighted by Crippen LogP contribution is -2.58. The monoisotopic (exact) mass is 328 g/mol. The SMILES string of the molecule is O=C1C2C(Cc3ccccn3)NCCN2C(=O)N1CC(F)(F)F. The fourth-order valence-electron chi connectivity index (χ4n) is 3.02. The molecule has 6 nitrogen and oxygen atoms in total. The minimum atomic E-state index is -4.61. The number of aromatic nitrogens is 1. The summed E-state index contributed by atoms with van der Waals surface area (Å²) >= 11 is 0. The van der Waals surface area contributed by atoms with E-state index >= 15 is 0 Å². The second-order valence-corrected chi connectivity index (χ2v) is 5.55. The molecule has 3 amide bonds. The van der Waals surface area contributed by atoms with Crippen molar-refractivity contribution in [2.24, 2.45) is 0 Å². The topological polar surface area (TPSA) is 65.5 Å². The van der Waals surface area contributed by atoms with Crippen molar-refractivity contribution >= 4 is 11.9 Å². The summed E-state index contributed by atoms with van der Waals surface area (Å²) in [6.45, 7) is -0.914. The van der Waals surface area contributed by atoms with E-state index < -0.39 is 36.7 Å². The Balaban J connectivity index is 1.80. The standard InChI is InChI=1S/C14H15F3N4O2/c15-14(16,17)8-21-12(22)11-10(7-9-3-1-2-4-18-9)19-5-6-20(11)13(21)23/h1-4,10-11,19H,5-8H2. The summed E-state index contributed by atoms with van der Waals surface area (Å²) in [4.78, 5) is 30.1. The molecule has 0 aromatic carbocycles. The number of carbonyl (C=O) groups is 2. The van der Waals surface area contributed by atoms with E-state index in [4.69, 9.17) is 0 Å². The lowest BCUT2D eigenvalue weighted by Gasteiger charge is -2.34. The van der Waals surface area contributed by atoms with Crippen molar-refractivity contribution in [2.75, 3.05) is 19.6 Å². The maximum absolute atomic E-state index is 12.6. The number of amides is 3. The molecule has 0 spiro atoms. The Bertz CT molecular complexity index is 608. The third-order valence-electron chi connectivity index (χ3n) is 3.96. The van der Waals surface area contributed by atoms with E-state index in [0.29, 0.717) is 23.6 Å². The number of urea groups is 1. The fraction of sp³-hybridized carbons (Fsp3) is 0.500. The number of alkyl halides is 3. The molecule has 2 unspecified atom stereocenters. The number of fused-ring (bicyclic) bond motifs is 1. The van der Waals surface area contributed by atoms with E-state index in [2.05, 4.69) is 10.3 Å². The Morgan fingerprint density at radius 1 is 1.30 bits per heavy atom. The smallest absolute Gasteiger partial charge is 0.309 e. The molecule has 0 saturated carbocycles. The molecule has 1 aromatic heterocycles. The van der Waals surface area contributed by atoms with Crippen LogP contribution < -0.4 is 5.32 Å². The van der Waals surface area contributed by atoms with Crippen LogP contribution in [0.3, 0.4) is 0 Å². The van der Waals surface area contributed by atoms with Crippen LogP contribution in [0.4, 0.5) is 18.0 Å². The highest BCUT2D eigenvalue weighted by Crippen LogP contribution is 2.27. The number of hydrogen-bond acceptors (Lipinski definition) is 4. The first kappa shape index (κ1) is 15.7. The maximum atomic E-state index is 12.6. The number of hydrogen-bond donors (Lipinski definition) is 1. The predicted octanol–water partition coefficient (Wildman–Crippen LogP) is 0.791. The van der Waals surface area contributed by atoms with Crippen molar-refractivity contribution in [1.82, 2.24) is 20.1 Å². The van der Waals surface area contributed by atoms with Crippen LogP contribution >= 0.6 is 0 Å². The number of piperazine rings is 1. The lowest BCUT2D eigenvalue weighted by molar-refractivity contribution is -0.153. The van der Waals surface area contributed by atoms with Crippen LogP contribution in [0, 0.1) is 0 Å². The van der Waals surface area contributed by atoms with Crippen molar-refractivity contribution < 1.29 is 22.8 Å². The summed E-state index contributed by atoms with van der Waals surface area (Å²) < 4.78 is 37.8. The molecule has 3 heterocycles. The molecular weight excluding hydrogens is 313 g/mol. The van der Waals surface area contributed by atoms with Gasteiger partial charge >= 0.3 is 12.2 Å². The molecule has 2 fully saturated rings. The largest absolute Gasteiger partial charge is 0.406 e. The van der Waals surface area contributed by atoms with Gasteiger partial charge in [0.05, 0.1) is 0 Å². The van der Waals surface area contributed by atoms with Gasteiger partial charge in [-0.15, -0.1) is 0 Å². The first-order valence-corrected chi connectivity index (χ1v) is 7.19. The Morgan fingerprint density at radius 2 is 2.09 bits per heavy atom. The highest BCUT2D eigenvalue weighted by molar-refractivity contribution is 6.04. The fourth-order valence-corrected chi connectivity index (χ4v) is 3.02. The van der Waals surface area contributed by atoms with E-state index in [1.807, 2.05) is 0 Å². The van der Waals surface area contributed by atoms with E-state index in [-0.39, 0.29) is 6.54 Å². The van der Waals surface area contributed by atoms with Crippen LogP contribution in [0.25, 0.3) is 0 Å². The van der Waals surface area contributed by atoms with Crippen LogP contribution in [0.1, 0.15) is 5.69 Å². The zero-order valence-corrected chi connectivity index (χ0v) is 12.1. The maximum Gasteiger partial charge on any atom is 0.406 e. The summed E-state index contributed by atoms with van der Waals surface area (Å²) in [5.41, 5.74) is 0.710. The van der Waals surface area contributed by atoms with Crippen molar-refractivity contribution in [1.29, 1.82) is 0 Å². The van der Waals surface area contributed by atoms with Crippen molar-refractivity contribution in [3.05, 3.63) is 30.1 Å². The number of nitrogens with one attached hydrogen (secondary N) is 1. The molecule has 0 aliphatic carbocycles. The molecule has 124 valence electrons. The average Bonchev–Trinajstić information content (AvgIpc) is 2.73. The van der Waals surface area contributed by atoms with E-state index in [1.54, 1.807) is 24.4 Å². The van der Waals surface area contributed by atoms with Crippen LogP contribution in [0.5, 0.6) is 0 Å². The van der Waals surface area contributed by atoms with Crippen molar-refractivity contribution in [2.45, 2.75) is 24.7 Å². The summed E-state index contributed by atoms with van der Waals surface area (Å²) in [6, 6.07) is 3.08. The quantitative estimate of drug-likeness (QED) is 0.833. The van der Waals surface area contributed by atoms with Crippen molar-refractivity contribution in [3.8, 4) is 0 Å². The van der Waals surface area contributed by atoms with E-state index in [9.17, 15) is 22.8 Å². The zero-order valence-electron chi connectivity index (χ0n) is 12.1. The lowest BCUT2D eigenvalue weighted by atomic mass is 9.99. The molecule has 2 aliphatic rings. The Kier molecular flexibility index (Phi) is 3.97. The number of pyridine rings is 1. The molecule has 1 N–H and O–H groups in total. The highest BCUT2D eigenvalue weighted by Gasteiger charge is 2.52. The third-order valence-corrected chi connectivity index (χ3v) is 3.96. The molecule has 0 bridgehead atoms. The number of carbonyl (C=O) groups excluding carboxylic acids is 2. The molecule has 2 atom stereocenters. The van der Waals surface area contributed by atoms with Gasteiger partial charge in [0.25, 0.3) is 5.91 Å². The molecule has 0 radical (unpaired) electrons. The molecule has 2 aliphatic heterocycles. The van der Waals surface area contributed by atoms with Crippen LogP contribution in [0.15, 0.2) is 24.4 Å². The zero-order chi connectivity index (χ0) is 16.6. The molecule has 3 rings (SSSR count). The minimum Gasteiger partial charge on any atom is -0.309 e. The van der Waals surface area contributed by atoms with Gasteiger partial charge in [0.1, 0.15) is 12.6 Å². The number of halogens is 3. The van der Waals surface area contributed by atoms with Gasteiger partial charge in [-0.1, -0.05) is 6.07 Å². The van der Waals surface area contributed by atoms with Gasteiger partial charge in [0, 0.05) is 37.4 Å². The molecule has 2 saturated heterocycles. The molecule has 1 aromatic rings. The predicted molar refractivity (Wildman–Crippen MR) is 73.4 cm³/mol. The van der Waals surface area contributed by atoms with Gasteiger partial charge in [-0.05, 0) is 12.1 Å². The first-order valence-electron chi connectivity index (χ1n) is 7.19. The average molecular weight is 328 g/mol. The van der Waals surface area contributed by atoms with Gasteiger partial charge in [-0.3, -0.25) is 14.7 Å². The number of imide groups is 1.